The van der Waals surface area contributed by atoms with Crippen LogP contribution in [-0.4, -0.2) is 23.7 Å². The van der Waals surface area contributed by atoms with Gasteiger partial charge in [-0.3, -0.25) is 0 Å². The molecule has 2 aliphatic rings. The number of rotatable bonds is 5. The van der Waals surface area contributed by atoms with Crippen molar-refractivity contribution in [1.82, 2.24) is 4.98 Å². The van der Waals surface area contributed by atoms with E-state index in [0.717, 1.165) is 16.7 Å². The summed E-state index contributed by atoms with van der Waals surface area (Å²) >= 11 is 0. The highest BCUT2D eigenvalue weighted by Gasteiger charge is 2.27. The molecule has 0 saturated heterocycles. The number of aromatic nitrogens is 1. The van der Waals surface area contributed by atoms with E-state index in [1.807, 2.05) is 18.2 Å². The predicted octanol–water partition coefficient (Wildman–Crippen LogP) is 1.70. The van der Waals surface area contributed by atoms with E-state index in [1.54, 1.807) is 12.1 Å². The van der Waals surface area contributed by atoms with Crippen LogP contribution in [0.4, 0.5) is 11.5 Å². The van der Waals surface area contributed by atoms with Gasteiger partial charge in [0.1, 0.15) is 17.5 Å². The Balaban J connectivity index is 1.53. The molecule has 0 unspecified atom stereocenters. The first kappa shape index (κ1) is 15.0. The lowest BCUT2D eigenvalue weighted by atomic mass is 9.79. The summed E-state index contributed by atoms with van der Waals surface area (Å²) in [6, 6.07) is 11.2. The number of nitrogens with one attached hydrogen (secondary N) is 1. The van der Waals surface area contributed by atoms with Crippen LogP contribution in [0.3, 0.4) is 0 Å². The Hall–Kier alpha value is -2.56. The first-order valence-corrected chi connectivity index (χ1v) is 7.96. The molecule has 0 bridgehead atoms. The third kappa shape index (κ3) is 3.07. The van der Waals surface area contributed by atoms with Crippen molar-refractivity contribution in [2.75, 3.05) is 11.9 Å². The molecule has 4 rings (SSSR count). The number of fused-ring (bicyclic) bond motifs is 1. The molecule has 6 nitrogen and oxygen atoms in total. The van der Waals surface area contributed by atoms with Gasteiger partial charge in [0, 0.05) is 5.69 Å². The standard InChI is InChI=1S/C17H16BN3O3/c19-8-12-3-6-16(21-17(12)23-9-11-1-2-11)20-14-4-5-15-13(7-14)10-24-18(15)22/h3-7,11,22H,1-2,9-10H2,(H,20,21). The van der Waals surface area contributed by atoms with Crippen molar-refractivity contribution >= 4 is 24.1 Å². The Morgan fingerprint density at radius 1 is 1.38 bits per heavy atom. The molecule has 1 saturated carbocycles. The number of pyridine rings is 1. The Morgan fingerprint density at radius 3 is 3.04 bits per heavy atom. The van der Waals surface area contributed by atoms with Gasteiger partial charge >= 0.3 is 7.12 Å². The fourth-order valence-corrected chi connectivity index (χ4v) is 2.64. The van der Waals surface area contributed by atoms with Gasteiger partial charge in [-0.15, -0.1) is 0 Å². The van der Waals surface area contributed by atoms with Gasteiger partial charge in [0.15, 0.2) is 0 Å². The maximum atomic E-state index is 9.66. The fourth-order valence-electron chi connectivity index (χ4n) is 2.64. The highest BCUT2D eigenvalue weighted by atomic mass is 16.5. The number of benzene rings is 1. The van der Waals surface area contributed by atoms with Crippen LogP contribution in [0.25, 0.3) is 0 Å². The van der Waals surface area contributed by atoms with E-state index in [9.17, 15) is 10.3 Å². The number of nitrogens with zero attached hydrogens (tertiary/aromatic N) is 2. The highest BCUT2D eigenvalue weighted by Crippen LogP contribution is 2.30. The lowest BCUT2D eigenvalue weighted by Crippen LogP contribution is -2.27. The lowest BCUT2D eigenvalue weighted by Gasteiger charge is -2.11. The zero-order valence-electron chi connectivity index (χ0n) is 13.0. The molecule has 1 aromatic carbocycles. The SMILES string of the molecule is N#Cc1ccc(Nc2ccc3c(c2)COB3O)nc1OCC1CC1. The summed E-state index contributed by atoms with van der Waals surface area (Å²) in [4.78, 5) is 4.41. The molecule has 24 heavy (non-hydrogen) atoms. The number of nitriles is 1. The van der Waals surface area contributed by atoms with Crippen molar-refractivity contribution in [2.24, 2.45) is 5.92 Å². The summed E-state index contributed by atoms with van der Waals surface area (Å²) in [5.74, 6) is 1.58. The second-order valence-electron chi connectivity index (χ2n) is 6.12. The smallest absolute Gasteiger partial charge is 0.476 e. The highest BCUT2D eigenvalue weighted by molar-refractivity contribution is 6.61. The van der Waals surface area contributed by atoms with Crippen LogP contribution in [0.1, 0.15) is 24.0 Å². The molecule has 120 valence electrons. The number of anilines is 2. The van der Waals surface area contributed by atoms with E-state index in [1.165, 1.54) is 12.8 Å². The fraction of sp³-hybridized carbons (Fsp3) is 0.294. The third-order valence-electron chi connectivity index (χ3n) is 4.21. The molecule has 2 aromatic rings. The molecule has 1 aliphatic heterocycles. The van der Waals surface area contributed by atoms with Crippen molar-refractivity contribution in [2.45, 2.75) is 19.4 Å². The molecule has 7 heteroatoms. The van der Waals surface area contributed by atoms with E-state index in [-0.39, 0.29) is 0 Å². The van der Waals surface area contributed by atoms with Crippen LogP contribution in [0, 0.1) is 17.2 Å². The minimum absolute atomic E-state index is 0.370. The second kappa shape index (κ2) is 6.15. The van der Waals surface area contributed by atoms with E-state index in [4.69, 9.17) is 9.39 Å². The van der Waals surface area contributed by atoms with Crippen LogP contribution in [0.15, 0.2) is 30.3 Å². The van der Waals surface area contributed by atoms with Gasteiger partial charge in [-0.05, 0) is 54.1 Å². The summed E-state index contributed by atoms with van der Waals surface area (Å²) in [6.07, 6.45) is 2.37. The summed E-state index contributed by atoms with van der Waals surface area (Å²) in [5, 5.41) is 22.1. The molecule has 2 heterocycles. The average Bonchev–Trinajstić information content (AvgIpc) is 3.36. The molecule has 2 N–H and O–H groups in total. The minimum atomic E-state index is -0.843. The number of ether oxygens (including phenoxy) is 1. The van der Waals surface area contributed by atoms with Gasteiger partial charge in [0.25, 0.3) is 0 Å². The number of hydrogen-bond acceptors (Lipinski definition) is 6. The van der Waals surface area contributed by atoms with Gasteiger partial charge in [-0.25, -0.2) is 0 Å². The van der Waals surface area contributed by atoms with E-state index < -0.39 is 7.12 Å². The molecular weight excluding hydrogens is 305 g/mol. The topological polar surface area (TPSA) is 87.4 Å². The minimum Gasteiger partial charge on any atom is -0.476 e. The Bertz CT molecular complexity index is 817. The van der Waals surface area contributed by atoms with Crippen molar-refractivity contribution in [1.29, 1.82) is 5.26 Å². The van der Waals surface area contributed by atoms with Crippen LogP contribution < -0.4 is 15.5 Å². The largest absolute Gasteiger partial charge is 0.491 e. The zero-order valence-corrected chi connectivity index (χ0v) is 13.0. The molecule has 1 aromatic heterocycles. The molecule has 1 fully saturated rings. The molecule has 1 aliphatic carbocycles. The zero-order chi connectivity index (χ0) is 16.5. The summed E-state index contributed by atoms with van der Waals surface area (Å²) in [6.45, 7) is 1.00. The van der Waals surface area contributed by atoms with Crippen molar-refractivity contribution in [3.63, 3.8) is 0 Å². The first-order valence-electron chi connectivity index (χ1n) is 7.96. The summed E-state index contributed by atoms with van der Waals surface area (Å²) in [5.41, 5.74) is 3.02. The van der Waals surface area contributed by atoms with E-state index in [2.05, 4.69) is 16.4 Å². The average molecular weight is 321 g/mol. The monoisotopic (exact) mass is 321 g/mol. The van der Waals surface area contributed by atoms with Crippen molar-refractivity contribution in [3.05, 3.63) is 41.5 Å². The van der Waals surface area contributed by atoms with Crippen LogP contribution in [0.2, 0.25) is 0 Å². The molecule has 0 spiro atoms. The molecular formula is C17H16BN3O3. The maximum Gasteiger partial charge on any atom is 0.491 e. The summed E-state index contributed by atoms with van der Waals surface area (Å²) < 4.78 is 10.9. The van der Waals surface area contributed by atoms with Gasteiger partial charge in [0.05, 0.1) is 13.2 Å². The lowest BCUT2D eigenvalue weighted by molar-refractivity contribution is 0.275. The predicted molar refractivity (Wildman–Crippen MR) is 89.3 cm³/mol. The van der Waals surface area contributed by atoms with Crippen molar-refractivity contribution in [3.8, 4) is 11.9 Å². The number of hydrogen-bond donors (Lipinski definition) is 2. The van der Waals surface area contributed by atoms with Gasteiger partial charge in [-0.2, -0.15) is 10.2 Å². The van der Waals surface area contributed by atoms with Gasteiger partial charge in [-0.1, -0.05) is 6.07 Å². The Morgan fingerprint density at radius 2 is 2.25 bits per heavy atom. The van der Waals surface area contributed by atoms with Gasteiger partial charge < -0.3 is 19.7 Å². The molecule has 0 amide bonds. The summed E-state index contributed by atoms with van der Waals surface area (Å²) in [7, 11) is -0.843. The quantitative estimate of drug-likeness (QED) is 0.815. The van der Waals surface area contributed by atoms with Crippen LogP contribution in [0.5, 0.6) is 5.88 Å². The Kier molecular flexibility index (Phi) is 3.85. The second-order valence-corrected chi connectivity index (χ2v) is 6.12. The van der Waals surface area contributed by atoms with Gasteiger partial charge in [0.2, 0.25) is 5.88 Å². The third-order valence-corrected chi connectivity index (χ3v) is 4.21. The van der Waals surface area contributed by atoms with Crippen LogP contribution >= 0.6 is 0 Å². The molecule has 0 atom stereocenters. The normalized spacial score (nSPS) is 15.8. The maximum absolute atomic E-state index is 9.66. The van der Waals surface area contributed by atoms with E-state index in [0.29, 0.717) is 36.4 Å². The van der Waals surface area contributed by atoms with Crippen molar-refractivity contribution < 1.29 is 14.4 Å². The first-order chi connectivity index (χ1) is 11.7. The van der Waals surface area contributed by atoms with E-state index >= 15 is 0 Å². The molecule has 0 radical (unpaired) electrons. The Labute approximate surface area is 140 Å². The van der Waals surface area contributed by atoms with Crippen LogP contribution in [-0.2, 0) is 11.3 Å².